The molecule has 3 rings (SSSR count). The van der Waals surface area contributed by atoms with Crippen LogP contribution in [0.2, 0.25) is 0 Å². The first-order valence-corrected chi connectivity index (χ1v) is 7.76. The molecule has 5 nitrogen and oxygen atoms in total. The number of hydrogen-bond acceptors (Lipinski definition) is 2. The molecule has 0 atom stereocenters. The highest BCUT2D eigenvalue weighted by Crippen LogP contribution is 2.23. The molecule has 122 valence electrons. The molecule has 3 N–H and O–H groups in total. The number of carbonyl (C=O) groups excluding carboxylic acids is 2. The monoisotopic (exact) mass is 321 g/mol. The number of fused-ring (bicyclic) bond motifs is 1. The number of carbonyl (C=O) groups is 2. The number of para-hydroxylation sites is 1. The minimum Gasteiger partial charge on any atom is -0.358 e. The van der Waals surface area contributed by atoms with Gasteiger partial charge in [0.2, 0.25) is 11.8 Å². The quantitative estimate of drug-likeness (QED) is 0.686. The fourth-order valence-corrected chi connectivity index (χ4v) is 2.77. The van der Waals surface area contributed by atoms with Crippen molar-refractivity contribution < 1.29 is 9.59 Å². The first-order valence-electron chi connectivity index (χ1n) is 7.76. The van der Waals surface area contributed by atoms with Gasteiger partial charge in [-0.1, -0.05) is 18.2 Å². The molecule has 0 aliphatic heterocycles. The summed E-state index contributed by atoms with van der Waals surface area (Å²) in [4.78, 5) is 26.7. The molecule has 1 heterocycles. The lowest BCUT2D eigenvalue weighted by molar-refractivity contribution is -0.116. The largest absolute Gasteiger partial charge is 0.358 e. The molecule has 0 radical (unpaired) electrons. The van der Waals surface area contributed by atoms with Crippen molar-refractivity contribution in [1.29, 1.82) is 0 Å². The lowest BCUT2D eigenvalue weighted by atomic mass is 10.1. The number of amides is 2. The van der Waals surface area contributed by atoms with E-state index in [-0.39, 0.29) is 11.8 Å². The number of hydrogen-bond donors (Lipinski definition) is 3. The van der Waals surface area contributed by atoms with Crippen molar-refractivity contribution >= 4 is 34.1 Å². The van der Waals surface area contributed by atoms with E-state index >= 15 is 0 Å². The Hall–Kier alpha value is -3.08. The maximum atomic E-state index is 12.3. The molecule has 2 amide bonds. The van der Waals surface area contributed by atoms with Crippen molar-refractivity contribution in [2.24, 2.45) is 0 Å². The Morgan fingerprint density at radius 1 is 0.958 bits per heavy atom. The topological polar surface area (TPSA) is 74.0 Å². The van der Waals surface area contributed by atoms with Crippen LogP contribution >= 0.6 is 0 Å². The number of aromatic amines is 1. The van der Waals surface area contributed by atoms with Gasteiger partial charge in [0.1, 0.15) is 0 Å². The van der Waals surface area contributed by atoms with Crippen molar-refractivity contribution in [2.75, 3.05) is 10.6 Å². The first-order chi connectivity index (χ1) is 11.5. The average molecular weight is 321 g/mol. The molecule has 24 heavy (non-hydrogen) atoms. The molecule has 0 spiro atoms. The van der Waals surface area contributed by atoms with Crippen molar-refractivity contribution in [3.05, 3.63) is 59.8 Å². The number of aryl methyl sites for hydroxylation is 1. The van der Waals surface area contributed by atoms with E-state index in [1.807, 2.05) is 31.2 Å². The van der Waals surface area contributed by atoms with Crippen LogP contribution in [0.15, 0.2) is 48.5 Å². The summed E-state index contributed by atoms with van der Waals surface area (Å²) < 4.78 is 0. The molecule has 0 aliphatic carbocycles. The number of nitrogens with one attached hydrogen (secondary N) is 3. The first kappa shape index (κ1) is 15.8. The van der Waals surface area contributed by atoms with Gasteiger partial charge in [0.25, 0.3) is 0 Å². The highest BCUT2D eigenvalue weighted by molar-refractivity contribution is 5.96. The average Bonchev–Trinajstić information content (AvgIpc) is 2.85. The molecule has 0 unspecified atom stereocenters. The van der Waals surface area contributed by atoms with E-state index in [0.717, 1.165) is 22.2 Å². The lowest BCUT2D eigenvalue weighted by Gasteiger charge is -2.07. The van der Waals surface area contributed by atoms with Crippen molar-refractivity contribution in [1.82, 2.24) is 4.98 Å². The van der Waals surface area contributed by atoms with E-state index < -0.39 is 0 Å². The minimum absolute atomic E-state index is 0.0740. The van der Waals surface area contributed by atoms with Crippen molar-refractivity contribution in [2.45, 2.75) is 20.3 Å². The smallest absolute Gasteiger partial charge is 0.228 e. The second-order valence-corrected chi connectivity index (χ2v) is 5.76. The van der Waals surface area contributed by atoms with E-state index in [0.29, 0.717) is 17.8 Å². The van der Waals surface area contributed by atoms with Crippen LogP contribution in [-0.2, 0) is 16.0 Å². The number of H-pyrrole nitrogens is 1. The minimum atomic E-state index is -0.124. The molecule has 3 aromatic rings. The van der Waals surface area contributed by atoms with E-state index in [2.05, 4.69) is 15.6 Å². The van der Waals surface area contributed by atoms with E-state index in [1.54, 1.807) is 24.3 Å². The second-order valence-electron chi connectivity index (χ2n) is 5.76. The zero-order chi connectivity index (χ0) is 17.1. The van der Waals surface area contributed by atoms with Crippen LogP contribution in [0.3, 0.4) is 0 Å². The van der Waals surface area contributed by atoms with Crippen molar-refractivity contribution in [3.8, 4) is 0 Å². The van der Waals surface area contributed by atoms with E-state index in [1.165, 1.54) is 6.92 Å². The Balaban J connectivity index is 1.71. The summed E-state index contributed by atoms with van der Waals surface area (Å²) in [5, 5.41) is 6.66. The number of rotatable bonds is 4. The van der Waals surface area contributed by atoms with Crippen LogP contribution in [-0.4, -0.2) is 16.8 Å². The Labute approximate surface area is 140 Å². The Bertz CT molecular complexity index is 895. The van der Waals surface area contributed by atoms with Crippen LogP contribution in [0.25, 0.3) is 10.9 Å². The predicted octanol–water partition coefficient (Wildman–Crippen LogP) is 3.62. The van der Waals surface area contributed by atoms with Gasteiger partial charge in [0.15, 0.2) is 0 Å². The van der Waals surface area contributed by atoms with Gasteiger partial charge < -0.3 is 15.6 Å². The summed E-state index contributed by atoms with van der Waals surface area (Å²) >= 11 is 0. The van der Waals surface area contributed by atoms with Crippen LogP contribution in [0.1, 0.15) is 18.2 Å². The molecule has 5 heteroatoms. The Morgan fingerprint density at radius 2 is 1.58 bits per heavy atom. The maximum Gasteiger partial charge on any atom is 0.228 e. The van der Waals surface area contributed by atoms with Crippen molar-refractivity contribution in [3.63, 3.8) is 0 Å². The third-order valence-electron chi connectivity index (χ3n) is 3.85. The highest BCUT2D eigenvalue weighted by atomic mass is 16.2. The van der Waals surface area contributed by atoms with Gasteiger partial charge in [-0.15, -0.1) is 0 Å². The Morgan fingerprint density at radius 3 is 2.25 bits per heavy atom. The maximum absolute atomic E-state index is 12.3. The molecular weight excluding hydrogens is 302 g/mol. The third-order valence-corrected chi connectivity index (χ3v) is 3.85. The fraction of sp³-hybridized carbons (Fsp3) is 0.158. The van der Waals surface area contributed by atoms with Gasteiger partial charge in [0, 0.05) is 34.9 Å². The zero-order valence-corrected chi connectivity index (χ0v) is 13.6. The van der Waals surface area contributed by atoms with E-state index in [9.17, 15) is 9.59 Å². The summed E-state index contributed by atoms with van der Waals surface area (Å²) in [5.74, 6) is -0.197. The predicted molar refractivity (Wildman–Crippen MR) is 96.1 cm³/mol. The molecule has 0 bridgehead atoms. The van der Waals surface area contributed by atoms with Gasteiger partial charge in [0.05, 0.1) is 6.42 Å². The molecular formula is C19H19N3O2. The number of aromatic nitrogens is 1. The normalized spacial score (nSPS) is 10.6. The number of anilines is 2. The molecule has 0 aliphatic rings. The van der Waals surface area contributed by atoms with Gasteiger partial charge in [-0.2, -0.15) is 0 Å². The summed E-state index contributed by atoms with van der Waals surface area (Å²) in [5.41, 5.74) is 4.46. The summed E-state index contributed by atoms with van der Waals surface area (Å²) in [6, 6.07) is 15.0. The molecule has 0 fully saturated rings. The highest BCUT2D eigenvalue weighted by Gasteiger charge is 2.12. The fourth-order valence-electron chi connectivity index (χ4n) is 2.77. The van der Waals surface area contributed by atoms with Gasteiger partial charge in [-0.25, -0.2) is 0 Å². The second kappa shape index (κ2) is 6.58. The van der Waals surface area contributed by atoms with Crippen LogP contribution in [0.4, 0.5) is 11.4 Å². The van der Waals surface area contributed by atoms with Gasteiger partial charge >= 0.3 is 0 Å². The zero-order valence-electron chi connectivity index (χ0n) is 13.6. The molecule has 1 aromatic heterocycles. The summed E-state index contributed by atoms with van der Waals surface area (Å²) in [6.07, 6.45) is 0.309. The van der Waals surface area contributed by atoms with Crippen LogP contribution in [0, 0.1) is 6.92 Å². The van der Waals surface area contributed by atoms with E-state index in [4.69, 9.17) is 0 Å². The van der Waals surface area contributed by atoms with Crippen LogP contribution in [0.5, 0.6) is 0 Å². The van der Waals surface area contributed by atoms with Gasteiger partial charge in [-0.3, -0.25) is 9.59 Å². The lowest BCUT2D eigenvalue weighted by Crippen LogP contribution is -2.15. The molecule has 2 aromatic carbocycles. The SMILES string of the molecule is CC(=O)Nc1ccc(NC(=O)Cc2c(C)[nH]c3ccccc23)cc1. The molecule has 0 saturated heterocycles. The summed E-state index contributed by atoms with van der Waals surface area (Å²) in [6.45, 7) is 3.43. The van der Waals surface area contributed by atoms with Crippen LogP contribution < -0.4 is 10.6 Å². The standard InChI is InChI=1S/C19H19N3O2/c1-12-17(16-5-3-4-6-18(16)20-12)11-19(24)22-15-9-7-14(8-10-15)21-13(2)23/h3-10,20H,11H2,1-2H3,(H,21,23)(H,22,24). The Kier molecular flexibility index (Phi) is 4.33. The summed E-state index contributed by atoms with van der Waals surface area (Å²) in [7, 11) is 0. The third kappa shape index (κ3) is 3.46. The number of benzene rings is 2. The van der Waals surface area contributed by atoms with Gasteiger partial charge in [-0.05, 0) is 42.8 Å². The molecule has 0 saturated carbocycles.